The first-order valence-electron chi connectivity index (χ1n) is 6.52. The van der Waals surface area contributed by atoms with Gasteiger partial charge in [0.2, 0.25) is 5.89 Å². The lowest BCUT2D eigenvalue weighted by Gasteiger charge is -2.08. The molecule has 4 heteroatoms. The van der Waals surface area contributed by atoms with Crippen LogP contribution in [0.5, 0.6) is 5.75 Å². The number of hydrogen-bond donors (Lipinski definition) is 1. The Morgan fingerprint density at radius 2 is 2.22 bits per heavy atom. The molecule has 0 spiro atoms. The molecule has 0 amide bonds. The highest BCUT2D eigenvalue weighted by atomic mass is 16.5. The van der Waals surface area contributed by atoms with Gasteiger partial charge in [0.15, 0.2) is 5.58 Å². The zero-order valence-corrected chi connectivity index (χ0v) is 10.6. The summed E-state index contributed by atoms with van der Waals surface area (Å²) in [5.74, 6) is 1.57. The van der Waals surface area contributed by atoms with E-state index in [0.717, 1.165) is 22.7 Å². The summed E-state index contributed by atoms with van der Waals surface area (Å²) >= 11 is 0. The number of ether oxygens (including phenoxy) is 1. The third-order valence-electron chi connectivity index (χ3n) is 3.54. The molecule has 1 aliphatic rings. The quantitative estimate of drug-likeness (QED) is 0.901. The molecule has 3 rings (SSSR count). The largest absolute Gasteiger partial charge is 0.497 e. The van der Waals surface area contributed by atoms with Gasteiger partial charge in [0, 0.05) is 12.1 Å². The van der Waals surface area contributed by atoms with E-state index in [1.165, 1.54) is 25.7 Å². The highest BCUT2D eigenvalue weighted by molar-refractivity contribution is 5.74. The maximum absolute atomic E-state index is 5.70. The molecule has 0 atom stereocenters. The maximum Gasteiger partial charge on any atom is 0.209 e. The highest BCUT2D eigenvalue weighted by Crippen LogP contribution is 2.22. The van der Waals surface area contributed by atoms with Crippen molar-refractivity contribution >= 4 is 11.1 Å². The van der Waals surface area contributed by atoms with Crippen LogP contribution in [0.4, 0.5) is 0 Å². The molecule has 1 saturated carbocycles. The molecule has 1 fully saturated rings. The minimum atomic E-state index is 0.634. The molecule has 2 aromatic rings. The first-order chi connectivity index (χ1) is 8.85. The lowest BCUT2D eigenvalue weighted by atomic mass is 10.2. The van der Waals surface area contributed by atoms with E-state index in [9.17, 15) is 0 Å². The molecule has 1 N–H and O–H groups in total. The lowest BCUT2D eigenvalue weighted by molar-refractivity contribution is 0.415. The SMILES string of the molecule is COc1ccc2oc(CNC3CCCC3)nc2c1. The molecule has 1 aromatic carbocycles. The fourth-order valence-electron chi connectivity index (χ4n) is 2.52. The zero-order valence-electron chi connectivity index (χ0n) is 10.6. The minimum Gasteiger partial charge on any atom is -0.497 e. The molecule has 96 valence electrons. The number of nitrogens with one attached hydrogen (secondary N) is 1. The van der Waals surface area contributed by atoms with Gasteiger partial charge < -0.3 is 14.5 Å². The first-order valence-corrected chi connectivity index (χ1v) is 6.52. The molecule has 0 bridgehead atoms. The van der Waals surface area contributed by atoms with Gasteiger partial charge in [-0.2, -0.15) is 0 Å². The van der Waals surface area contributed by atoms with E-state index in [0.29, 0.717) is 12.6 Å². The molecule has 4 nitrogen and oxygen atoms in total. The van der Waals surface area contributed by atoms with Gasteiger partial charge in [-0.25, -0.2) is 4.98 Å². The molecule has 1 heterocycles. The average molecular weight is 246 g/mol. The highest BCUT2D eigenvalue weighted by Gasteiger charge is 2.15. The van der Waals surface area contributed by atoms with Crippen LogP contribution in [-0.2, 0) is 6.54 Å². The number of rotatable bonds is 4. The van der Waals surface area contributed by atoms with Gasteiger partial charge in [0.05, 0.1) is 13.7 Å². The summed E-state index contributed by atoms with van der Waals surface area (Å²) in [6, 6.07) is 6.33. The summed E-state index contributed by atoms with van der Waals surface area (Å²) in [5, 5.41) is 3.50. The second-order valence-electron chi connectivity index (χ2n) is 4.80. The topological polar surface area (TPSA) is 47.3 Å². The molecule has 18 heavy (non-hydrogen) atoms. The Balaban J connectivity index is 1.72. The third kappa shape index (κ3) is 2.34. The van der Waals surface area contributed by atoms with Crippen molar-refractivity contribution in [3.63, 3.8) is 0 Å². The van der Waals surface area contributed by atoms with Gasteiger partial charge in [0.1, 0.15) is 11.3 Å². The first kappa shape index (κ1) is 11.5. The van der Waals surface area contributed by atoms with Crippen LogP contribution >= 0.6 is 0 Å². The lowest BCUT2D eigenvalue weighted by Crippen LogP contribution is -2.25. The summed E-state index contributed by atoms with van der Waals surface area (Å²) in [6.45, 7) is 0.710. The van der Waals surface area contributed by atoms with E-state index in [-0.39, 0.29) is 0 Å². The summed E-state index contributed by atoms with van der Waals surface area (Å²) in [5.41, 5.74) is 1.68. The second-order valence-corrected chi connectivity index (χ2v) is 4.80. The number of fused-ring (bicyclic) bond motifs is 1. The second kappa shape index (κ2) is 4.98. The normalized spacial score (nSPS) is 16.5. The average Bonchev–Trinajstić information content (AvgIpc) is 3.04. The van der Waals surface area contributed by atoms with E-state index in [2.05, 4.69) is 10.3 Å². The van der Waals surface area contributed by atoms with Crippen LogP contribution in [0.1, 0.15) is 31.6 Å². The summed E-state index contributed by atoms with van der Waals surface area (Å²) < 4.78 is 10.9. The van der Waals surface area contributed by atoms with Crippen LogP contribution < -0.4 is 10.1 Å². The van der Waals surface area contributed by atoms with Crippen LogP contribution in [0, 0.1) is 0 Å². The van der Waals surface area contributed by atoms with E-state index < -0.39 is 0 Å². The number of hydrogen-bond acceptors (Lipinski definition) is 4. The Morgan fingerprint density at radius 1 is 1.39 bits per heavy atom. The van der Waals surface area contributed by atoms with Crippen molar-refractivity contribution in [3.05, 3.63) is 24.1 Å². The molecule has 0 saturated heterocycles. The van der Waals surface area contributed by atoms with Crippen molar-refractivity contribution in [3.8, 4) is 5.75 Å². The molecular formula is C14H18N2O2. The van der Waals surface area contributed by atoms with Gasteiger partial charge in [-0.3, -0.25) is 0 Å². The maximum atomic E-state index is 5.70. The van der Waals surface area contributed by atoms with E-state index in [4.69, 9.17) is 9.15 Å². The van der Waals surface area contributed by atoms with Gasteiger partial charge in [-0.1, -0.05) is 12.8 Å². The van der Waals surface area contributed by atoms with E-state index >= 15 is 0 Å². The van der Waals surface area contributed by atoms with Crippen LogP contribution in [0.25, 0.3) is 11.1 Å². The van der Waals surface area contributed by atoms with Crippen LogP contribution in [0.3, 0.4) is 0 Å². The van der Waals surface area contributed by atoms with E-state index in [1.807, 2.05) is 18.2 Å². The predicted molar refractivity (Wildman–Crippen MR) is 69.7 cm³/mol. The van der Waals surface area contributed by atoms with Crippen molar-refractivity contribution in [2.75, 3.05) is 7.11 Å². The molecular weight excluding hydrogens is 228 g/mol. The zero-order chi connectivity index (χ0) is 12.4. The van der Waals surface area contributed by atoms with Crippen LogP contribution in [-0.4, -0.2) is 18.1 Å². The summed E-state index contributed by atoms with van der Waals surface area (Å²) in [4.78, 5) is 4.47. The Kier molecular flexibility index (Phi) is 3.19. The fraction of sp³-hybridized carbons (Fsp3) is 0.500. The number of oxazole rings is 1. The minimum absolute atomic E-state index is 0.634. The van der Waals surface area contributed by atoms with E-state index in [1.54, 1.807) is 7.11 Å². The predicted octanol–water partition coefficient (Wildman–Crippen LogP) is 2.87. The Morgan fingerprint density at radius 3 is 3.00 bits per heavy atom. The Bertz CT molecular complexity index is 530. The summed E-state index contributed by atoms with van der Waals surface area (Å²) in [7, 11) is 1.66. The summed E-state index contributed by atoms with van der Waals surface area (Å²) in [6.07, 6.45) is 5.22. The molecule has 0 unspecified atom stereocenters. The van der Waals surface area contributed by atoms with Gasteiger partial charge in [-0.05, 0) is 25.0 Å². The molecule has 1 aromatic heterocycles. The van der Waals surface area contributed by atoms with Gasteiger partial charge in [0.25, 0.3) is 0 Å². The van der Waals surface area contributed by atoms with Crippen LogP contribution in [0.2, 0.25) is 0 Å². The molecule has 0 aliphatic heterocycles. The van der Waals surface area contributed by atoms with Crippen molar-refractivity contribution in [2.24, 2.45) is 0 Å². The smallest absolute Gasteiger partial charge is 0.209 e. The van der Waals surface area contributed by atoms with Crippen molar-refractivity contribution in [1.29, 1.82) is 0 Å². The number of nitrogens with zero attached hydrogens (tertiary/aromatic N) is 1. The third-order valence-corrected chi connectivity index (χ3v) is 3.54. The standard InChI is InChI=1S/C14H18N2O2/c1-17-11-6-7-13-12(8-11)16-14(18-13)9-15-10-4-2-3-5-10/h6-8,10,15H,2-5,9H2,1H3. The van der Waals surface area contributed by atoms with Gasteiger partial charge >= 0.3 is 0 Å². The van der Waals surface area contributed by atoms with Crippen molar-refractivity contribution < 1.29 is 9.15 Å². The van der Waals surface area contributed by atoms with Crippen molar-refractivity contribution in [1.82, 2.24) is 10.3 Å². The van der Waals surface area contributed by atoms with Crippen LogP contribution in [0.15, 0.2) is 22.6 Å². The molecule has 1 aliphatic carbocycles. The number of aromatic nitrogens is 1. The number of methoxy groups -OCH3 is 1. The van der Waals surface area contributed by atoms with Gasteiger partial charge in [-0.15, -0.1) is 0 Å². The fourth-order valence-corrected chi connectivity index (χ4v) is 2.52. The molecule has 0 radical (unpaired) electrons. The number of benzene rings is 1. The Hall–Kier alpha value is -1.55. The monoisotopic (exact) mass is 246 g/mol. The van der Waals surface area contributed by atoms with Crippen molar-refractivity contribution in [2.45, 2.75) is 38.3 Å². The Labute approximate surface area is 106 Å².